The molecule has 3 rings (SSSR count). The lowest BCUT2D eigenvalue weighted by atomic mass is 10.3. The van der Waals surface area contributed by atoms with E-state index in [4.69, 9.17) is 5.73 Å². The molecule has 1 amide bonds. The zero-order chi connectivity index (χ0) is 12.5. The maximum Gasteiger partial charge on any atom is 0.247 e. The predicted molar refractivity (Wildman–Crippen MR) is 67.2 cm³/mol. The van der Waals surface area contributed by atoms with Crippen LogP contribution in [0.1, 0.15) is 24.5 Å². The summed E-state index contributed by atoms with van der Waals surface area (Å²) < 4.78 is 1.39. The molecule has 0 aromatic carbocycles. The van der Waals surface area contributed by atoms with Gasteiger partial charge in [0.1, 0.15) is 12.9 Å². The minimum atomic E-state index is -0.184. The highest BCUT2D eigenvalue weighted by Gasteiger charge is 2.26. The molecule has 8 heteroatoms. The fraction of sp³-hybridized carbons (Fsp3) is 0.400. The summed E-state index contributed by atoms with van der Waals surface area (Å²) in [7, 11) is 0. The van der Waals surface area contributed by atoms with Crippen LogP contribution in [0, 0.1) is 0 Å². The molecule has 1 saturated carbocycles. The summed E-state index contributed by atoms with van der Waals surface area (Å²) in [4.78, 5) is 19.8. The highest BCUT2D eigenvalue weighted by atomic mass is 32.1. The van der Waals surface area contributed by atoms with Crippen molar-refractivity contribution in [1.29, 1.82) is 0 Å². The Morgan fingerprint density at radius 1 is 1.61 bits per heavy atom. The molecule has 18 heavy (non-hydrogen) atoms. The number of thiazole rings is 1. The van der Waals surface area contributed by atoms with Gasteiger partial charge in [-0.05, 0) is 12.8 Å². The number of nitrogen functional groups attached to an aromatic ring is 1. The van der Waals surface area contributed by atoms with Crippen molar-refractivity contribution >= 4 is 28.3 Å². The van der Waals surface area contributed by atoms with Crippen molar-refractivity contribution in [3.05, 3.63) is 17.4 Å². The van der Waals surface area contributed by atoms with E-state index in [1.807, 2.05) is 5.38 Å². The molecule has 0 spiro atoms. The van der Waals surface area contributed by atoms with E-state index in [0.717, 1.165) is 5.69 Å². The Morgan fingerprint density at radius 3 is 3.11 bits per heavy atom. The molecule has 0 atom stereocenters. The van der Waals surface area contributed by atoms with Crippen molar-refractivity contribution in [3.8, 4) is 0 Å². The molecule has 0 saturated heterocycles. The van der Waals surface area contributed by atoms with Crippen LogP contribution in [0.3, 0.4) is 0 Å². The molecule has 1 aliphatic rings. The van der Waals surface area contributed by atoms with Gasteiger partial charge in [-0.3, -0.25) is 4.79 Å². The van der Waals surface area contributed by atoms with Gasteiger partial charge in [-0.15, -0.1) is 16.4 Å². The van der Waals surface area contributed by atoms with E-state index in [1.54, 1.807) is 0 Å². The van der Waals surface area contributed by atoms with Gasteiger partial charge in [-0.25, -0.2) is 14.6 Å². The number of nitrogens with one attached hydrogen (secondary N) is 1. The highest BCUT2D eigenvalue weighted by molar-refractivity contribution is 7.13. The molecule has 1 fully saturated rings. The summed E-state index contributed by atoms with van der Waals surface area (Å²) in [5.74, 6) is 0.576. The third-order valence-corrected chi connectivity index (χ3v) is 3.40. The van der Waals surface area contributed by atoms with Crippen molar-refractivity contribution < 1.29 is 4.79 Å². The second kappa shape index (κ2) is 4.37. The number of hydrogen-bond acceptors (Lipinski definition) is 6. The summed E-state index contributed by atoms with van der Waals surface area (Å²) in [5, 5.41) is 9.22. The Kier molecular flexibility index (Phi) is 2.71. The third kappa shape index (κ3) is 2.48. The first kappa shape index (κ1) is 11.1. The molecular formula is C10H12N6OS. The molecule has 7 nitrogen and oxygen atoms in total. The number of nitrogens with zero attached hydrogens (tertiary/aromatic N) is 4. The van der Waals surface area contributed by atoms with Gasteiger partial charge in [0.2, 0.25) is 11.9 Å². The Labute approximate surface area is 107 Å². The van der Waals surface area contributed by atoms with Gasteiger partial charge in [0.25, 0.3) is 0 Å². The van der Waals surface area contributed by atoms with Crippen molar-refractivity contribution in [2.24, 2.45) is 0 Å². The Balaban J connectivity index is 1.59. The minimum Gasteiger partial charge on any atom is -0.367 e. The number of amides is 1. The van der Waals surface area contributed by atoms with E-state index < -0.39 is 0 Å². The molecule has 0 radical (unpaired) electrons. The van der Waals surface area contributed by atoms with Gasteiger partial charge in [-0.2, -0.15) is 0 Å². The van der Waals surface area contributed by atoms with Crippen molar-refractivity contribution in [1.82, 2.24) is 19.7 Å². The smallest absolute Gasteiger partial charge is 0.247 e. The van der Waals surface area contributed by atoms with Crippen LogP contribution in [0.25, 0.3) is 0 Å². The Hall–Kier alpha value is -1.96. The fourth-order valence-corrected chi connectivity index (χ4v) is 2.41. The lowest BCUT2D eigenvalue weighted by Gasteiger charge is -2.00. The largest absolute Gasteiger partial charge is 0.367 e. The predicted octanol–water partition coefficient (Wildman–Crippen LogP) is 0.833. The average Bonchev–Trinajstić information content (AvgIpc) is 2.95. The van der Waals surface area contributed by atoms with E-state index in [2.05, 4.69) is 20.4 Å². The van der Waals surface area contributed by atoms with Gasteiger partial charge in [0.15, 0.2) is 5.13 Å². The molecule has 2 heterocycles. The number of carbonyl (C=O) groups excluding carboxylic acids is 1. The van der Waals surface area contributed by atoms with Crippen molar-refractivity contribution in [2.45, 2.75) is 25.3 Å². The number of nitrogens with two attached hydrogens (primary N) is 1. The lowest BCUT2D eigenvalue weighted by molar-refractivity contribution is -0.116. The molecular weight excluding hydrogens is 252 g/mol. The maximum absolute atomic E-state index is 11.7. The fourth-order valence-electron chi connectivity index (χ4n) is 1.60. The zero-order valence-corrected chi connectivity index (χ0v) is 10.4. The number of carbonyl (C=O) groups is 1. The van der Waals surface area contributed by atoms with Gasteiger partial charge in [0, 0.05) is 11.3 Å². The molecule has 94 valence electrons. The van der Waals surface area contributed by atoms with Crippen LogP contribution in [0.15, 0.2) is 11.7 Å². The van der Waals surface area contributed by atoms with Crippen LogP contribution in [0.2, 0.25) is 0 Å². The molecule has 2 aromatic heterocycles. The van der Waals surface area contributed by atoms with Crippen LogP contribution in [0.4, 0.5) is 11.1 Å². The standard InChI is InChI=1S/C10H12N6OS/c11-9-12-5-16(15-9)3-8(17)14-10-13-7(4-18-10)6-1-2-6/h4-6H,1-3H2,(H2,11,15)(H,13,14,17). The quantitative estimate of drug-likeness (QED) is 0.852. The summed E-state index contributed by atoms with van der Waals surface area (Å²) in [5.41, 5.74) is 6.45. The maximum atomic E-state index is 11.7. The zero-order valence-electron chi connectivity index (χ0n) is 9.54. The van der Waals surface area contributed by atoms with Gasteiger partial charge >= 0.3 is 0 Å². The SMILES string of the molecule is Nc1ncn(CC(=O)Nc2nc(C3CC3)cs2)n1. The van der Waals surface area contributed by atoms with E-state index in [1.165, 1.54) is 35.2 Å². The highest BCUT2D eigenvalue weighted by Crippen LogP contribution is 2.40. The average molecular weight is 264 g/mol. The molecule has 1 aliphatic carbocycles. The van der Waals surface area contributed by atoms with Crippen LogP contribution in [-0.2, 0) is 11.3 Å². The summed E-state index contributed by atoms with van der Waals surface area (Å²) in [6.07, 6.45) is 3.83. The van der Waals surface area contributed by atoms with Gasteiger partial charge in [0.05, 0.1) is 5.69 Å². The van der Waals surface area contributed by atoms with Crippen molar-refractivity contribution in [3.63, 3.8) is 0 Å². The van der Waals surface area contributed by atoms with E-state index >= 15 is 0 Å². The number of hydrogen-bond donors (Lipinski definition) is 2. The summed E-state index contributed by atoms with van der Waals surface area (Å²) >= 11 is 1.45. The normalized spacial score (nSPS) is 14.7. The third-order valence-electron chi connectivity index (χ3n) is 2.62. The topological polar surface area (TPSA) is 98.7 Å². The molecule has 0 aliphatic heterocycles. The number of aromatic nitrogens is 4. The molecule has 3 N–H and O–H groups in total. The Bertz CT molecular complexity index is 572. The molecule has 0 unspecified atom stereocenters. The Morgan fingerprint density at radius 2 is 2.44 bits per heavy atom. The second-order valence-corrected chi connectivity index (χ2v) is 5.06. The first-order valence-corrected chi connectivity index (χ1v) is 6.49. The minimum absolute atomic E-state index is 0.0859. The van der Waals surface area contributed by atoms with Gasteiger partial charge in [-0.1, -0.05) is 0 Å². The van der Waals surface area contributed by atoms with Crippen molar-refractivity contribution in [2.75, 3.05) is 11.1 Å². The van der Waals surface area contributed by atoms with Crippen LogP contribution >= 0.6 is 11.3 Å². The van der Waals surface area contributed by atoms with Crippen LogP contribution in [-0.4, -0.2) is 25.7 Å². The second-order valence-electron chi connectivity index (χ2n) is 4.20. The van der Waals surface area contributed by atoms with E-state index in [9.17, 15) is 4.79 Å². The van der Waals surface area contributed by atoms with Gasteiger partial charge < -0.3 is 11.1 Å². The first-order valence-electron chi connectivity index (χ1n) is 5.61. The molecule has 2 aromatic rings. The first-order chi connectivity index (χ1) is 8.70. The summed E-state index contributed by atoms with van der Waals surface area (Å²) in [6, 6.07) is 0. The van der Waals surface area contributed by atoms with E-state index in [0.29, 0.717) is 11.0 Å². The lowest BCUT2D eigenvalue weighted by Crippen LogP contribution is -2.19. The van der Waals surface area contributed by atoms with Crippen LogP contribution < -0.4 is 11.1 Å². The molecule has 0 bridgehead atoms. The number of rotatable bonds is 4. The summed E-state index contributed by atoms with van der Waals surface area (Å²) in [6.45, 7) is 0.0859. The number of anilines is 2. The van der Waals surface area contributed by atoms with Crippen LogP contribution in [0.5, 0.6) is 0 Å². The monoisotopic (exact) mass is 264 g/mol. The van der Waals surface area contributed by atoms with E-state index in [-0.39, 0.29) is 18.4 Å².